The van der Waals surface area contributed by atoms with Crippen LogP contribution in [0.15, 0.2) is 0 Å². The van der Waals surface area contributed by atoms with Gasteiger partial charge in [0.15, 0.2) is 0 Å². The van der Waals surface area contributed by atoms with E-state index in [1.54, 1.807) is 0 Å². The summed E-state index contributed by atoms with van der Waals surface area (Å²) in [5, 5.41) is 0. The third-order valence-electron chi connectivity index (χ3n) is 0. The minimum absolute atomic E-state index is 0. The zero-order valence-corrected chi connectivity index (χ0v) is 9.91. The van der Waals surface area contributed by atoms with E-state index in [4.69, 9.17) is 0 Å². The molecule has 0 saturated carbocycles. The molecule has 0 aliphatic heterocycles. The standard InChI is InChI=1S/Fe.O.Pb.Ta/q+2;-2;+2;+5. The van der Waals surface area contributed by atoms with Gasteiger partial charge < -0.3 is 5.48 Å². The van der Waals surface area contributed by atoms with Gasteiger partial charge in [0.2, 0.25) is 0 Å². The molecule has 0 aromatic rings. The van der Waals surface area contributed by atoms with Crippen LogP contribution in [0.2, 0.25) is 0 Å². The summed E-state index contributed by atoms with van der Waals surface area (Å²) in [4.78, 5) is 0. The van der Waals surface area contributed by atoms with Crippen molar-refractivity contribution in [3.05, 3.63) is 0 Å². The first kappa shape index (κ1) is 35.4. The average molecular weight is 460 g/mol. The molecule has 4 heteroatoms. The first-order valence-corrected chi connectivity index (χ1v) is 0. The molecule has 4 heavy (non-hydrogen) atoms. The maximum Gasteiger partial charge on any atom is 5.00 e. The SMILES string of the molecule is [Fe+2].[O-2].[Pb+2].[Ta+5]. The average Bonchev–Trinajstić information content (AvgIpc) is 0. The van der Waals surface area contributed by atoms with Gasteiger partial charge in [-0.2, -0.15) is 0 Å². The molecule has 1 nitrogen and oxygen atoms in total. The molecule has 0 heterocycles. The monoisotopic (exact) mass is 461 g/mol. The first-order valence-electron chi connectivity index (χ1n) is 0. The molecule has 0 unspecified atom stereocenters. The Kier molecular flexibility index (Phi) is 170. The molecule has 0 aliphatic carbocycles. The van der Waals surface area contributed by atoms with Crippen molar-refractivity contribution >= 4 is 27.3 Å². The van der Waals surface area contributed by atoms with E-state index in [1.807, 2.05) is 0 Å². The van der Waals surface area contributed by atoms with Gasteiger partial charge in [-0.3, -0.25) is 0 Å². The van der Waals surface area contributed by atoms with Crippen LogP contribution < -0.4 is 0 Å². The van der Waals surface area contributed by atoms with Crippen molar-refractivity contribution in [2.45, 2.75) is 0 Å². The van der Waals surface area contributed by atoms with Crippen LogP contribution in [0.4, 0.5) is 0 Å². The van der Waals surface area contributed by atoms with E-state index in [9.17, 15) is 0 Å². The predicted molar refractivity (Wildman–Crippen MR) is 6.44 cm³/mol. The zero-order chi connectivity index (χ0) is 0. The Morgan fingerprint density at radius 3 is 1.00 bits per heavy atom. The van der Waals surface area contributed by atoms with E-state index in [0.717, 1.165) is 0 Å². The molecule has 0 fully saturated rings. The topological polar surface area (TPSA) is 28.5 Å². The Morgan fingerprint density at radius 2 is 1.00 bits per heavy atom. The van der Waals surface area contributed by atoms with Crippen LogP contribution in [0.5, 0.6) is 0 Å². The summed E-state index contributed by atoms with van der Waals surface area (Å²) in [6.07, 6.45) is 0. The number of rotatable bonds is 0. The van der Waals surface area contributed by atoms with Gasteiger partial charge in [-0.25, -0.2) is 0 Å². The summed E-state index contributed by atoms with van der Waals surface area (Å²) in [5.74, 6) is 0. The molecule has 16 valence electrons. The Hall–Kier alpha value is 2.14. The summed E-state index contributed by atoms with van der Waals surface area (Å²) in [7, 11) is 0. The van der Waals surface area contributed by atoms with Gasteiger partial charge >= 0.3 is 66.7 Å². The normalized spacial score (nSPS) is 0. The van der Waals surface area contributed by atoms with E-state index in [1.165, 1.54) is 0 Å². The number of hydrogen-bond donors (Lipinski definition) is 0. The molecule has 0 aliphatic rings. The van der Waals surface area contributed by atoms with Crippen molar-refractivity contribution in [1.29, 1.82) is 0 Å². The van der Waals surface area contributed by atoms with Crippen molar-refractivity contribution < 1.29 is 44.9 Å². The van der Waals surface area contributed by atoms with Crippen LogP contribution in [0.25, 0.3) is 0 Å². The third-order valence-corrected chi connectivity index (χ3v) is 0. The van der Waals surface area contributed by atoms with Gasteiger partial charge in [0.25, 0.3) is 0 Å². The van der Waals surface area contributed by atoms with Crippen LogP contribution in [0, 0.1) is 0 Å². The summed E-state index contributed by atoms with van der Waals surface area (Å²) < 4.78 is 0. The van der Waals surface area contributed by atoms with Crippen LogP contribution in [0.3, 0.4) is 0 Å². The van der Waals surface area contributed by atoms with Crippen molar-refractivity contribution in [1.82, 2.24) is 0 Å². The van der Waals surface area contributed by atoms with E-state index < -0.39 is 0 Å². The maximum atomic E-state index is 0. The zero-order valence-electron chi connectivity index (χ0n) is 1.71. The second-order valence-corrected chi connectivity index (χ2v) is 0. The molecule has 0 rings (SSSR count). The van der Waals surface area contributed by atoms with E-state index in [2.05, 4.69) is 0 Å². The van der Waals surface area contributed by atoms with Gasteiger partial charge in [-0.05, 0) is 0 Å². The summed E-state index contributed by atoms with van der Waals surface area (Å²) in [5.41, 5.74) is 0. The van der Waals surface area contributed by atoms with E-state index in [-0.39, 0.29) is 72.2 Å². The fraction of sp³-hybridized carbons (Fsp3) is 0. The fourth-order valence-electron chi connectivity index (χ4n) is 0. The van der Waals surface area contributed by atoms with Crippen LogP contribution >= 0.6 is 0 Å². The molecule has 0 spiro atoms. The molecule has 0 aromatic heterocycles. The minimum Gasteiger partial charge on any atom is -2.00 e. The molecule has 0 N–H and O–H groups in total. The van der Waals surface area contributed by atoms with Crippen LogP contribution in [-0.4, -0.2) is 27.3 Å². The smallest absolute Gasteiger partial charge is 2.00 e. The Balaban J connectivity index is 0. The molecule has 2 radical (unpaired) electrons. The van der Waals surface area contributed by atoms with E-state index >= 15 is 0 Å². The van der Waals surface area contributed by atoms with Gasteiger partial charge in [0, 0.05) is 0 Å². The number of hydrogen-bond acceptors (Lipinski definition) is 0. The fourth-order valence-corrected chi connectivity index (χ4v) is 0. The molecular formula is FeOPbTa+7. The molecule has 0 saturated heterocycles. The van der Waals surface area contributed by atoms with Crippen molar-refractivity contribution in [2.75, 3.05) is 0 Å². The maximum absolute atomic E-state index is 0. The minimum atomic E-state index is 0. The second-order valence-electron chi connectivity index (χ2n) is 0. The van der Waals surface area contributed by atoms with Crippen LogP contribution in [-0.2, 0) is 44.9 Å². The van der Waals surface area contributed by atoms with Gasteiger partial charge in [-0.15, -0.1) is 0 Å². The Labute approximate surface area is 71.4 Å². The van der Waals surface area contributed by atoms with Crippen molar-refractivity contribution in [3.63, 3.8) is 0 Å². The molecule has 0 amide bonds. The Morgan fingerprint density at radius 1 is 1.00 bits per heavy atom. The molecule has 0 bridgehead atoms. The second kappa shape index (κ2) is 19.2. The van der Waals surface area contributed by atoms with Crippen molar-refractivity contribution in [3.8, 4) is 0 Å². The quantitative estimate of drug-likeness (QED) is 0.437. The molecule has 0 aromatic carbocycles. The van der Waals surface area contributed by atoms with Crippen molar-refractivity contribution in [2.24, 2.45) is 0 Å². The largest absolute Gasteiger partial charge is 5.00 e. The van der Waals surface area contributed by atoms with Gasteiger partial charge in [-0.1, -0.05) is 0 Å². The predicted octanol–water partition coefficient (Wildman–Crippen LogP) is -0.505. The van der Waals surface area contributed by atoms with E-state index in [0.29, 0.717) is 0 Å². The third kappa shape index (κ3) is 8.91. The van der Waals surface area contributed by atoms with Crippen LogP contribution in [0.1, 0.15) is 0 Å². The molecule has 0 atom stereocenters. The summed E-state index contributed by atoms with van der Waals surface area (Å²) in [6.45, 7) is 0. The Bertz CT molecular complexity index is 8.00. The first-order chi connectivity index (χ1) is 0. The summed E-state index contributed by atoms with van der Waals surface area (Å²) in [6, 6.07) is 0. The van der Waals surface area contributed by atoms with Gasteiger partial charge in [0.05, 0.1) is 0 Å². The van der Waals surface area contributed by atoms with Gasteiger partial charge in [0.1, 0.15) is 0 Å². The summed E-state index contributed by atoms with van der Waals surface area (Å²) >= 11 is 0. The molecular weight excluding hydrogens is 460 g/mol.